The number of H-pyrrole nitrogens is 1. The van der Waals surface area contributed by atoms with E-state index in [0.29, 0.717) is 11.2 Å². The third kappa shape index (κ3) is 5.38. The van der Waals surface area contributed by atoms with Gasteiger partial charge in [-0.3, -0.25) is 19.2 Å². The van der Waals surface area contributed by atoms with Gasteiger partial charge >= 0.3 is 5.69 Å². The van der Waals surface area contributed by atoms with E-state index < -0.39 is 5.69 Å². The van der Waals surface area contributed by atoms with Gasteiger partial charge in [-0.25, -0.2) is 4.79 Å². The zero-order valence-corrected chi connectivity index (χ0v) is 19.9. The van der Waals surface area contributed by atoms with Crippen LogP contribution in [-0.4, -0.2) is 56.7 Å². The van der Waals surface area contributed by atoms with Crippen LogP contribution in [0.1, 0.15) is 44.6 Å². The predicted molar refractivity (Wildman–Crippen MR) is 133 cm³/mol. The number of benzene rings is 1. The zero-order valence-electron chi connectivity index (χ0n) is 19.9. The molecule has 4 rings (SSSR count). The molecule has 0 atom stereocenters. The standard InChI is InChI=1S/C25H36N6O2/c1-3-4-5-9-15-31-21-22(28(2)25(33)27-23(21)32)26-24(31)30-18-16-29(17-19-30)14-10-13-20-11-7-6-8-12-20/h6-8,11-12H,3-5,9-10,13-19H2,1-2H3,(H,27,32,33). The van der Waals surface area contributed by atoms with Crippen molar-refractivity contribution in [1.82, 2.24) is 24.0 Å². The third-order valence-corrected chi connectivity index (χ3v) is 6.66. The second kappa shape index (κ2) is 10.8. The van der Waals surface area contributed by atoms with Crippen molar-refractivity contribution in [3.63, 3.8) is 0 Å². The number of nitrogens with zero attached hydrogens (tertiary/aromatic N) is 5. The molecule has 1 fully saturated rings. The Morgan fingerprint density at radius 2 is 1.70 bits per heavy atom. The van der Waals surface area contributed by atoms with Crippen LogP contribution in [0.5, 0.6) is 0 Å². The van der Waals surface area contributed by atoms with Crippen LogP contribution < -0.4 is 16.1 Å². The number of hydrogen-bond donors (Lipinski definition) is 1. The molecular weight excluding hydrogens is 416 g/mol. The number of nitrogens with one attached hydrogen (secondary N) is 1. The molecule has 1 saturated heterocycles. The van der Waals surface area contributed by atoms with E-state index in [1.807, 2.05) is 4.57 Å². The maximum absolute atomic E-state index is 12.7. The summed E-state index contributed by atoms with van der Waals surface area (Å²) in [6.45, 7) is 7.71. The van der Waals surface area contributed by atoms with Crippen LogP contribution in [0.4, 0.5) is 5.95 Å². The molecular formula is C25H36N6O2. The lowest BCUT2D eigenvalue weighted by Gasteiger charge is -2.35. The van der Waals surface area contributed by atoms with Crippen LogP contribution in [0.25, 0.3) is 11.2 Å². The van der Waals surface area contributed by atoms with Crippen molar-refractivity contribution in [3.8, 4) is 0 Å². The van der Waals surface area contributed by atoms with Crippen molar-refractivity contribution < 1.29 is 0 Å². The number of fused-ring (bicyclic) bond motifs is 1. The lowest BCUT2D eigenvalue weighted by atomic mass is 10.1. The van der Waals surface area contributed by atoms with Crippen LogP contribution >= 0.6 is 0 Å². The van der Waals surface area contributed by atoms with E-state index >= 15 is 0 Å². The number of aromatic nitrogens is 4. The normalized spacial score (nSPS) is 14.9. The second-order valence-corrected chi connectivity index (χ2v) is 9.03. The maximum atomic E-state index is 12.7. The molecule has 2 aromatic heterocycles. The number of anilines is 1. The first-order valence-electron chi connectivity index (χ1n) is 12.3. The topological polar surface area (TPSA) is 79.2 Å². The molecule has 0 bridgehead atoms. The first kappa shape index (κ1) is 23.3. The molecule has 1 N–H and O–H groups in total. The quantitative estimate of drug-likeness (QED) is 0.479. The Bertz CT molecular complexity index is 1160. The summed E-state index contributed by atoms with van der Waals surface area (Å²) in [6, 6.07) is 10.6. The molecule has 3 heterocycles. The van der Waals surface area contributed by atoms with Gasteiger partial charge in [0.15, 0.2) is 11.2 Å². The minimum atomic E-state index is -0.419. The predicted octanol–water partition coefficient (Wildman–Crippen LogP) is 2.76. The number of rotatable bonds is 10. The molecule has 33 heavy (non-hydrogen) atoms. The van der Waals surface area contributed by atoms with Crippen molar-refractivity contribution in [1.29, 1.82) is 0 Å². The van der Waals surface area contributed by atoms with E-state index in [0.717, 1.165) is 70.9 Å². The summed E-state index contributed by atoms with van der Waals surface area (Å²) in [4.78, 5) is 36.9. The first-order chi connectivity index (χ1) is 16.1. The highest BCUT2D eigenvalue weighted by molar-refractivity contribution is 5.74. The van der Waals surface area contributed by atoms with Crippen LogP contribution in [0.3, 0.4) is 0 Å². The largest absolute Gasteiger partial charge is 0.340 e. The molecule has 0 saturated carbocycles. The average Bonchev–Trinajstić information content (AvgIpc) is 3.22. The maximum Gasteiger partial charge on any atom is 0.329 e. The molecule has 0 radical (unpaired) electrons. The van der Waals surface area contributed by atoms with Crippen LogP contribution in [0.2, 0.25) is 0 Å². The highest BCUT2D eigenvalue weighted by Crippen LogP contribution is 2.22. The Hall–Kier alpha value is -2.87. The van der Waals surface area contributed by atoms with Crippen LogP contribution in [-0.2, 0) is 20.0 Å². The minimum Gasteiger partial charge on any atom is -0.340 e. The molecule has 0 unspecified atom stereocenters. The summed E-state index contributed by atoms with van der Waals surface area (Å²) >= 11 is 0. The Balaban J connectivity index is 1.46. The highest BCUT2D eigenvalue weighted by atomic mass is 16.2. The van der Waals surface area contributed by atoms with E-state index in [9.17, 15) is 9.59 Å². The highest BCUT2D eigenvalue weighted by Gasteiger charge is 2.24. The molecule has 1 aliphatic rings. The number of hydrogen-bond acceptors (Lipinski definition) is 5. The van der Waals surface area contributed by atoms with Crippen molar-refractivity contribution >= 4 is 17.1 Å². The van der Waals surface area contributed by atoms with Gasteiger partial charge in [-0.15, -0.1) is 0 Å². The molecule has 8 heteroatoms. The first-order valence-corrected chi connectivity index (χ1v) is 12.3. The molecule has 8 nitrogen and oxygen atoms in total. The van der Waals surface area contributed by atoms with E-state index in [1.165, 1.54) is 23.0 Å². The molecule has 0 amide bonds. The Labute approximate surface area is 194 Å². The van der Waals surface area contributed by atoms with Crippen LogP contribution in [0.15, 0.2) is 39.9 Å². The molecule has 3 aromatic rings. The van der Waals surface area contributed by atoms with Crippen molar-refractivity contribution in [2.24, 2.45) is 7.05 Å². The van der Waals surface area contributed by atoms with Gasteiger partial charge in [-0.05, 0) is 31.4 Å². The fraction of sp³-hybridized carbons (Fsp3) is 0.560. The number of aryl methyl sites for hydroxylation is 3. The Morgan fingerprint density at radius 1 is 0.939 bits per heavy atom. The molecule has 178 valence electrons. The lowest BCUT2D eigenvalue weighted by molar-refractivity contribution is 0.253. The summed E-state index contributed by atoms with van der Waals surface area (Å²) in [5.74, 6) is 0.817. The van der Waals surface area contributed by atoms with E-state index in [4.69, 9.17) is 4.98 Å². The number of aromatic amines is 1. The number of unbranched alkanes of at least 4 members (excludes halogenated alkanes) is 3. The van der Waals surface area contributed by atoms with Crippen LogP contribution in [0, 0.1) is 0 Å². The van der Waals surface area contributed by atoms with Gasteiger partial charge in [0.1, 0.15) is 0 Å². The molecule has 1 aromatic carbocycles. The smallest absolute Gasteiger partial charge is 0.329 e. The molecule has 0 aliphatic carbocycles. The van der Waals surface area contributed by atoms with Crippen molar-refractivity contribution in [2.45, 2.75) is 52.0 Å². The van der Waals surface area contributed by atoms with Crippen molar-refractivity contribution in [3.05, 3.63) is 56.7 Å². The van der Waals surface area contributed by atoms with E-state index in [2.05, 4.69) is 52.0 Å². The Morgan fingerprint density at radius 3 is 2.42 bits per heavy atom. The summed E-state index contributed by atoms with van der Waals surface area (Å²) in [5.41, 5.74) is 1.61. The van der Waals surface area contributed by atoms with Gasteiger partial charge in [-0.1, -0.05) is 56.5 Å². The van der Waals surface area contributed by atoms with Gasteiger partial charge in [0.05, 0.1) is 0 Å². The minimum absolute atomic E-state index is 0.345. The van der Waals surface area contributed by atoms with Gasteiger partial charge in [0.2, 0.25) is 5.95 Å². The summed E-state index contributed by atoms with van der Waals surface area (Å²) < 4.78 is 3.48. The summed E-state index contributed by atoms with van der Waals surface area (Å²) in [6.07, 6.45) is 6.71. The molecule has 0 spiro atoms. The summed E-state index contributed by atoms with van der Waals surface area (Å²) in [7, 11) is 1.67. The van der Waals surface area contributed by atoms with Gasteiger partial charge in [-0.2, -0.15) is 4.98 Å². The Kier molecular flexibility index (Phi) is 7.65. The van der Waals surface area contributed by atoms with E-state index in [1.54, 1.807) is 7.05 Å². The second-order valence-electron chi connectivity index (χ2n) is 9.03. The van der Waals surface area contributed by atoms with Crippen molar-refractivity contribution in [2.75, 3.05) is 37.6 Å². The third-order valence-electron chi connectivity index (χ3n) is 6.66. The van der Waals surface area contributed by atoms with Gasteiger partial charge in [0.25, 0.3) is 5.56 Å². The van der Waals surface area contributed by atoms with Gasteiger partial charge in [0, 0.05) is 39.8 Å². The molecule has 1 aliphatic heterocycles. The lowest BCUT2D eigenvalue weighted by Crippen LogP contribution is -2.47. The fourth-order valence-corrected chi connectivity index (χ4v) is 4.70. The SMILES string of the molecule is CCCCCCn1c(N2CCN(CCCc3ccccc3)CC2)nc2c1c(=O)[nH]c(=O)n2C. The number of piperazine rings is 1. The fourth-order valence-electron chi connectivity index (χ4n) is 4.70. The average molecular weight is 453 g/mol. The van der Waals surface area contributed by atoms with E-state index in [-0.39, 0.29) is 5.56 Å². The zero-order chi connectivity index (χ0) is 23.2. The van der Waals surface area contributed by atoms with Gasteiger partial charge < -0.3 is 9.47 Å². The number of imidazole rings is 1. The summed E-state index contributed by atoms with van der Waals surface area (Å²) in [5, 5.41) is 0. The monoisotopic (exact) mass is 452 g/mol.